The molecule has 3 aromatic rings. The van der Waals surface area contributed by atoms with E-state index in [9.17, 15) is 9.59 Å². The van der Waals surface area contributed by atoms with Gasteiger partial charge < -0.3 is 19.8 Å². The molecule has 6 heteroatoms. The number of methoxy groups -OCH3 is 2. The Balaban J connectivity index is 1.63. The molecule has 0 bridgehead atoms. The molecule has 30 heavy (non-hydrogen) atoms. The van der Waals surface area contributed by atoms with E-state index in [4.69, 9.17) is 9.47 Å². The van der Waals surface area contributed by atoms with E-state index in [1.807, 2.05) is 38.1 Å². The first-order chi connectivity index (χ1) is 14.4. The largest absolute Gasteiger partial charge is 0.493 e. The second-order valence-corrected chi connectivity index (χ2v) is 7.10. The second kappa shape index (κ2) is 9.31. The minimum Gasteiger partial charge on any atom is -0.493 e. The summed E-state index contributed by atoms with van der Waals surface area (Å²) in [5.74, 6) is 1.00. The predicted molar refractivity (Wildman–Crippen MR) is 119 cm³/mol. The zero-order valence-corrected chi connectivity index (χ0v) is 17.7. The Kier molecular flexibility index (Phi) is 6.57. The number of aromatic nitrogens is 1. The molecule has 0 saturated carbocycles. The minimum absolute atomic E-state index is 0.119. The molecule has 0 unspecified atom stereocenters. The summed E-state index contributed by atoms with van der Waals surface area (Å²) in [5, 5.41) is 3.85. The fourth-order valence-corrected chi connectivity index (χ4v) is 3.31. The van der Waals surface area contributed by atoms with Crippen LogP contribution in [0.4, 0.5) is 0 Å². The van der Waals surface area contributed by atoms with E-state index in [0.717, 1.165) is 27.6 Å². The van der Waals surface area contributed by atoms with Gasteiger partial charge in [-0.25, -0.2) is 0 Å². The van der Waals surface area contributed by atoms with Crippen molar-refractivity contribution in [3.63, 3.8) is 0 Å². The van der Waals surface area contributed by atoms with E-state index in [0.29, 0.717) is 30.0 Å². The molecule has 0 spiro atoms. The third-order valence-corrected chi connectivity index (χ3v) is 5.05. The van der Waals surface area contributed by atoms with Gasteiger partial charge in [0.15, 0.2) is 11.5 Å². The quantitative estimate of drug-likeness (QED) is 0.588. The van der Waals surface area contributed by atoms with Crippen LogP contribution in [-0.4, -0.2) is 31.7 Å². The van der Waals surface area contributed by atoms with Gasteiger partial charge >= 0.3 is 0 Å². The van der Waals surface area contributed by atoms with E-state index in [-0.39, 0.29) is 11.5 Å². The number of pyridine rings is 1. The Morgan fingerprint density at radius 1 is 1.03 bits per heavy atom. The molecule has 0 fully saturated rings. The summed E-state index contributed by atoms with van der Waals surface area (Å²) in [6, 6.07) is 11.4. The van der Waals surface area contributed by atoms with Crippen molar-refractivity contribution in [2.75, 3.05) is 20.8 Å². The Bertz CT molecular complexity index is 1160. The van der Waals surface area contributed by atoms with Gasteiger partial charge in [0.1, 0.15) is 0 Å². The summed E-state index contributed by atoms with van der Waals surface area (Å²) in [5.41, 5.74) is 4.36. The number of nitrogens with one attached hydrogen (secondary N) is 2. The van der Waals surface area contributed by atoms with Gasteiger partial charge in [0.05, 0.1) is 19.7 Å². The molecule has 0 atom stereocenters. The number of hydrogen-bond donors (Lipinski definition) is 2. The van der Waals surface area contributed by atoms with Crippen molar-refractivity contribution < 1.29 is 14.3 Å². The molecule has 0 aliphatic rings. The first-order valence-corrected chi connectivity index (χ1v) is 9.73. The highest BCUT2D eigenvalue weighted by Gasteiger charge is 2.08. The van der Waals surface area contributed by atoms with Crippen LogP contribution in [0.5, 0.6) is 11.5 Å². The molecule has 1 amide bonds. The van der Waals surface area contributed by atoms with Gasteiger partial charge in [-0.15, -0.1) is 0 Å². The average molecular weight is 406 g/mol. The SMILES string of the molecule is COc1ccc(/C=C\C(=O)NCCc2cc3c(C)ccc(C)c3[nH]c2=O)cc1OC. The molecule has 6 nitrogen and oxygen atoms in total. The van der Waals surface area contributed by atoms with Gasteiger partial charge in [0.25, 0.3) is 5.56 Å². The maximum absolute atomic E-state index is 12.4. The molecule has 0 saturated heterocycles. The topological polar surface area (TPSA) is 80.4 Å². The summed E-state index contributed by atoms with van der Waals surface area (Å²) < 4.78 is 10.5. The summed E-state index contributed by atoms with van der Waals surface area (Å²) >= 11 is 0. The molecular weight excluding hydrogens is 380 g/mol. The van der Waals surface area contributed by atoms with Gasteiger partial charge in [-0.05, 0) is 61.2 Å². The molecule has 0 radical (unpaired) electrons. The highest BCUT2D eigenvalue weighted by Crippen LogP contribution is 2.28. The smallest absolute Gasteiger partial charge is 0.251 e. The van der Waals surface area contributed by atoms with Gasteiger partial charge in [-0.3, -0.25) is 9.59 Å². The van der Waals surface area contributed by atoms with Crippen molar-refractivity contribution in [1.82, 2.24) is 10.3 Å². The van der Waals surface area contributed by atoms with Crippen molar-refractivity contribution in [3.05, 3.63) is 75.1 Å². The van der Waals surface area contributed by atoms with Gasteiger partial charge in [0, 0.05) is 23.6 Å². The minimum atomic E-state index is -0.228. The first kappa shape index (κ1) is 21.2. The van der Waals surface area contributed by atoms with Crippen LogP contribution >= 0.6 is 0 Å². The number of H-pyrrole nitrogens is 1. The summed E-state index contributed by atoms with van der Waals surface area (Å²) in [6.45, 7) is 4.36. The van der Waals surface area contributed by atoms with Crippen LogP contribution in [0.2, 0.25) is 0 Å². The van der Waals surface area contributed by atoms with Crippen LogP contribution in [0.3, 0.4) is 0 Å². The van der Waals surface area contributed by atoms with Gasteiger partial charge in [-0.1, -0.05) is 18.2 Å². The standard InChI is InChI=1S/C24H26N2O4/c1-15-5-6-16(2)23-19(15)14-18(24(28)26-23)11-12-25-22(27)10-8-17-7-9-20(29-3)21(13-17)30-4/h5-10,13-14H,11-12H2,1-4H3,(H,25,27)(H,26,28)/b10-8-. The van der Waals surface area contributed by atoms with E-state index >= 15 is 0 Å². The number of rotatable bonds is 7. The third kappa shape index (κ3) is 4.71. The molecule has 0 aliphatic heterocycles. The Morgan fingerprint density at radius 3 is 2.50 bits per heavy atom. The fraction of sp³-hybridized carbons (Fsp3) is 0.250. The summed E-state index contributed by atoms with van der Waals surface area (Å²) in [6.07, 6.45) is 3.61. The molecule has 1 heterocycles. The van der Waals surface area contributed by atoms with E-state index in [1.54, 1.807) is 32.4 Å². The zero-order valence-electron chi connectivity index (χ0n) is 17.7. The fourth-order valence-electron chi connectivity index (χ4n) is 3.31. The van der Waals surface area contributed by atoms with Crippen molar-refractivity contribution in [2.45, 2.75) is 20.3 Å². The number of fused-ring (bicyclic) bond motifs is 1. The summed E-state index contributed by atoms with van der Waals surface area (Å²) in [7, 11) is 3.14. The number of ether oxygens (including phenoxy) is 2. The van der Waals surface area contributed by atoms with Crippen LogP contribution in [0, 0.1) is 13.8 Å². The molecule has 2 aromatic carbocycles. The maximum atomic E-state index is 12.4. The molecule has 1 aromatic heterocycles. The van der Waals surface area contributed by atoms with Crippen LogP contribution in [0.25, 0.3) is 17.0 Å². The summed E-state index contributed by atoms with van der Waals surface area (Å²) in [4.78, 5) is 27.5. The van der Waals surface area contributed by atoms with Crippen molar-refractivity contribution >= 4 is 22.9 Å². The number of aromatic amines is 1. The van der Waals surface area contributed by atoms with Crippen LogP contribution in [0.15, 0.2) is 47.3 Å². The predicted octanol–water partition coefficient (Wildman–Crippen LogP) is 3.53. The number of carbonyl (C=O) groups is 1. The van der Waals surface area contributed by atoms with E-state index in [2.05, 4.69) is 10.3 Å². The molecule has 2 N–H and O–H groups in total. The van der Waals surface area contributed by atoms with Gasteiger partial charge in [0.2, 0.25) is 5.91 Å². The lowest BCUT2D eigenvalue weighted by atomic mass is 10.0. The monoisotopic (exact) mass is 406 g/mol. The number of aryl methyl sites for hydroxylation is 2. The Labute approximate surface area is 175 Å². The highest BCUT2D eigenvalue weighted by atomic mass is 16.5. The lowest BCUT2D eigenvalue weighted by Gasteiger charge is -2.08. The Hall–Kier alpha value is -3.54. The van der Waals surface area contributed by atoms with Crippen molar-refractivity contribution in [2.24, 2.45) is 0 Å². The van der Waals surface area contributed by atoms with Gasteiger partial charge in [-0.2, -0.15) is 0 Å². The maximum Gasteiger partial charge on any atom is 0.251 e. The van der Waals surface area contributed by atoms with Crippen LogP contribution in [0.1, 0.15) is 22.3 Å². The third-order valence-electron chi connectivity index (χ3n) is 5.05. The lowest BCUT2D eigenvalue weighted by Crippen LogP contribution is -2.25. The Morgan fingerprint density at radius 2 is 1.77 bits per heavy atom. The highest BCUT2D eigenvalue weighted by molar-refractivity contribution is 5.91. The molecular formula is C24H26N2O4. The van der Waals surface area contributed by atoms with E-state index in [1.165, 1.54) is 6.08 Å². The number of amides is 1. The van der Waals surface area contributed by atoms with Crippen molar-refractivity contribution in [3.8, 4) is 11.5 Å². The second-order valence-electron chi connectivity index (χ2n) is 7.10. The molecule has 3 rings (SSSR count). The van der Waals surface area contributed by atoms with Crippen molar-refractivity contribution in [1.29, 1.82) is 0 Å². The normalized spacial score (nSPS) is 11.1. The molecule has 0 aliphatic carbocycles. The number of benzene rings is 2. The zero-order chi connectivity index (χ0) is 21.7. The van der Waals surface area contributed by atoms with E-state index < -0.39 is 0 Å². The van der Waals surface area contributed by atoms with Crippen LogP contribution < -0.4 is 20.3 Å². The number of hydrogen-bond acceptors (Lipinski definition) is 4. The molecule has 156 valence electrons. The average Bonchev–Trinajstić information content (AvgIpc) is 2.75. The number of carbonyl (C=O) groups excluding carboxylic acids is 1. The van der Waals surface area contributed by atoms with Crippen LogP contribution in [-0.2, 0) is 11.2 Å². The first-order valence-electron chi connectivity index (χ1n) is 9.73. The lowest BCUT2D eigenvalue weighted by molar-refractivity contribution is -0.116.